The fraction of sp³-hybridized carbons (Fsp3) is 0.556. The van der Waals surface area contributed by atoms with Gasteiger partial charge in [0, 0.05) is 26.1 Å². The highest BCUT2D eigenvalue weighted by Gasteiger charge is 2.33. The molecule has 1 fully saturated rings. The first-order valence-electron chi connectivity index (χ1n) is 8.94. The molecule has 8 nitrogen and oxygen atoms in total. The number of amides is 2. The lowest BCUT2D eigenvalue weighted by molar-refractivity contribution is -0.135. The molecule has 1 aliphatic heterocycles. The van der Waals surface area contributed by atoms with Gasteiger partial charge in [-0.2, -0.15) is 0 Å². The van der Waals surface area contributed by atoms with E-state index in [0.717, 1.165) is 18.7 Å². The molecule has 0 aromatic carbocycles. The smallest absolute Gasteiger partial charge is 0.287 e. The van der Waals surface area contributed by atoms with Crippen LogP contribution in [0.25, 0.3) is 0 Å². The summed E-state index contributed by atoms with van der Waals surface area (Å²) in [7, 11) is 1.91. The molecule has 2 aromatic heterocycles. The maximum atomic E-state index is 13.1. The van der Waals surface area contributed by atoms with E-state index < -0.39 is 6.04 Å². The van der Waals surface area contributed by atoms with Crippen LogP contribution in [0.1, 0.15) is 49.0 Å². The molecule has 3 rings (SSSR count). The lowest BCUT2D eigenvalue weighted by atomic mass is 9.95. The number of aromatic nitrogens is 3. The second kappa shape index (κ2) is 7.72. The molecular weight excluding hydrogens is 334 g/mol. The number of furan rings is 1. The Morgan fingerprint density at radius 2 is 2.19 bits per heavy atom. The number of rotatable bonds is 5. The third-order valence-corrected chi connectivity index (χ3v) is 4.81. The molecule has 0 spiro atoms. The molecular formula is C18H25N5O3. The Kier molecular flexibility index (Phi) is 5.39. The highest BCUT2D eigenvalue weighted by molar-refractivity contribution is 5.95. The summed E-state index contributed by atoms with van der Waals surface area (Å²) in [5.74, 6) is 0.795. The minimum Gasteiger partial charge on any atom is -0.459 e. The fourth-order valence-electron chi connectivity index (χ4n) is 3.38. The summed E-state index contributed by atoms with van der Waals surface area (Å²) >= 11 is 0. The maximum absolute atomic E-state index is 13.1. The Balaban J connectivity index is 1.70. The Labute approximate surface area is 152 Å². The molecule has 0 unspecified atom stereocenters. The zero-order valence-electron chi connectivity index (χ0n) is 15.4. The predicted molar refractivity (Wildman–Crippen MR) is 94.4 cm³/mol. The number of nitrogens with zero attached hydrogens (tertiary/aromatic N) is 4. The number of nitrogens with one attached hydrogen (secondary N) is 1. The van der Waals surface area contributed by atoms with Gasteiger partial charge in [0.2, 0.25) is 5.91 Å². The van der Waals surface area contributed by atoms with E-state index in [1.165, 1.54) is 6.26 Å². The summed E-state index contributed by atoms with van der Waals surface area (Å²) in [5.41, 5.74) is 0. The van der Waals surface area contributed by atoms with Gasteiger partial charge in [0.05, 0.1) is 6.26 Å². The van der Waals surface area contributed by atoms with Gasteiger partial charge in [0.15, 0.2) is 5.76 Å². The van der Waals surface area contributed by atoms with E-state index in [0.29, 0.717) is 13.1 Å². The fourth-order valence-corrected chi connectivity index (χ4v) is 3.38. The third kappa shape index (κ3) is 3.79. The number of piperidine rings is 1. The zero-order valence-corrected chi connectivity index (χ0v) is 15.4. The van der Waals surface area contributed by atoms with Crippen LogP contribution in [0.5, 0.6) is 0 Å². The van der Waals surface area contributed by atoms with Crippen molar-refractivity contribution in [2.45, 2.75) is 38.6 Å². The minimum absolute atomic E-state index is 0.0309. The van der Waals surface area contributed by atoms with Crippen molar-refractivity contribution in [1.82, 2.24) is 25.0 Å². The summed E-state index contributed by atoms with van der Waals surface area (Å²) in [4.78, 5) is 27.2. The molecule has 0 aliphatic carbocycles. The number of aryl methyl sites for hydroxylation is 1. The van der Waals surface area contributed by atoms with Crippen molar-refractivity contribution in [3.8, 4) is 0 Å². The summed E-state index contributed by atoms with van der Waals surface area (Å²) in [5, 5.41) is 10.9. The van der Waals surface area contributed by atoms with Crippen LogP contribution < -0.4 is 5.32 Å². The van der Waals surface area contributed by atoms with Crippen molar-refractivity contribution < 1.29 is 14.0 Å². The van der Waals surface area contributed by atoms with Crippen molar-refractivity contribution in [3.05, 3.63) is 36.3 Å². The van der Waals surface area contributed by atoms with E-state index in [9.17, 15) is 9.59 Å². The van der Waals surface area contributed by atoms with Crippen molar-refractivity contribution in [1.29, 1.82) is 0 Å². The second-order valence-corrected chi connectivity index (χ2v) is 7.10. The Bertz CT molecular complexity index is 753. The van der Waals surface area contributed by atoms with Gasteiger partial charge in [-0.3, -0.25) is 9.59 Å². The topological polar surface area (TPSA) is 93.3 Å². The van der Waals surface area contributed by atoms with E-state index in [1.54, 1.807) is 18.5 Å². The SMILES string of the molecule is CC(C)[C@H](NC(=O)c1ccco1)C(=O)N1CCC[C@H](c2nncn2C)C1. The quantitative estimate of drug-likeness (QED) is 0.875. The predicted octanol–water partition coefficient (Wildman–Crippen LogP) is 1.57. The first-order valence-corrected chi connectivity index (χ1v) is 8.94. The van der Waals surface area contributed by atoms with Gasteiger partial charge in [-0.05, 0) is 30.9 Å². The summed E-state index contributed by atoms with van der Waals surface area (Å²) in [6.07, 6.45) is 5.00. The van der Waals surface area contributed by atoms with Crippen LogP contribution in [-0.2, 0) is 11.8 Å². The van der Waals surface area contributed by atoms with E-state index >= 15 is 0 Å². The molecule has 140 valence electrons. The van der Waals surface area contributed by atoms with Gasteiger partial charge in [-0.15, -0.1) is 10.2 Å². The molecule has 26 heavy (non-hydrogen) atoms. The average Bonchev–Trinajstić information content (AvgIpc) is 3.30. The van der Waals surface area contributed by atoms with Gasteiger partial charge < -0.3 is 19.2 Å². The standard InChI is InChI=1S/C18H25N5O3/c1-12(2)15(20-17(24)14-7-5-9-26-14)18(25)23-8-4-6-13(10-23)16-21-19-11-22(16)3/h5,7,9,11-13,15H,4,6,8,10H2,1-3H3,(H,20,24)/t13-,15-/m0/s1. The van der Waals surface area contributed by atoms with Crippen molar-refractivity contribution >= 4 is 11.8 Å². The van der Waals surface area contributed by atoms with Crippen molar-refractivity contribution in [2.75, 3.05) is 13.1 Å². The van der Waals surface area contributed by atoms with Gasteiger partial charge in [-0.1, -0.05) is 13.8 Å². The monoisotopic (exact) mass is 359 g/mol. The average molecular weight is 359 g/mol. The minimum atomic E-state index is -0.592. The van der Waals surface area contributed by atoms with Crippen LogP contribution >= 0.6 is 0 Å². The highest BCUT2D eigenvalue weighted by Crippen LogP contribution is 2.26. The van der Waals surface area contributed by atoms with Crippen LogP contribution in [0.2, 0.25) is 0 Å². The van der Waals surface area contributed by atoms with Crippen LogP contribution in [0.4, 0.5) is 0 Å². The third-order valence-electron chi connectivity index (χ3n) is 4.81. The molecule has 1 N–H and O–H groups in total. The molecule has 2 aromatic rings. The first-order chi connectivity index (χ1) is 12.5. The highest BCUT2D eigenvalue weighted by atomic mass is 16.3. The number of likely N-dealkylation sites (tertiary alicyclic amines) is 1. The molecule has 1 aliphatic rings. The second-order valence-electron chi connectivity index (χ2n) is 7.10. The lowest BCUT2D eigenvalue weighted by Crippen LogP contribution is -2.53. The zero-order chi connectivity index (χ0) is 18.7. The van der Waals surface area contributed by atoms with E-state index in [4.69, 9.17) is 4.42 Å². The number of carbonyl (C=O) groups is 2. The Morgan fingerprint density at radius 3 is 2.81 bits per heavy atom. The van der Waals surface area contributed by atoms with Gasteiger partial charge in [0.25, 0.3) is 5.91 Å². The lowest BCUT2D eigenvalue weighted by Gasteiger charge is -2.35. The molecule has 2 amide bonds. The summed E-state index contributed by atoms with van der Waals surface area (Å²) < 4.78 is 7.03. The Morgan fingerprint density at radius 1 is 1.38 bits per heavy atom. The van der Waals surface area contributed by atoms with Gasteiger partial charge >= 0.3 is 0 Å². The number of hydrogen-bond donors (Lipinski definition) is 1. The number of carbonyl (C=O) groups excluding carboxylic acids is 2. The molecule has 1 saturated heterocycles. The van der Waals surface area contributed by atoms with E-state index in [2.05, 4.69) is 15.5 Å². The van der Waals surface area contributed by atoms with Crippen LogP contribution in [-0.4, -0.2) is 50.6 Å². The van der Waals surface area contributed by atoms with Crippen molar-refractivity contribution in [3.63, 3.8) is 0 Å². The summed E-state index contributed by atoms with van der Waals surface area (Å²) in [6.45, 7) is 5.13. The van der Waals surface area contributed by atoms with E-state index in [1.807, 2.05) is 30.4 Å². The normalized spacial score (nSPS) is 18.8. The first kappa shape index (κ1) is 18.2. The Hall–Kier alpha value is -2.64. The largest absolute Gasteiger partial charge is 0.459 e. The molecule has 0 radical (unpaired) electrons. The van der Waals surface area contributed by atoms with Gasteiger partial charge in [-0.25, -0.2) is 0 Å². The molecule has 0 bridgehead atoms. The molecule has 2 atom stereocenters. The summed E-state index contributed by atoms with van der Waals surface area (Å²) in [6, 6.07) is 2.64. The van der Waals surface area contributed by atoms with Gasteiger partial charge in [0.1, 0.15) is 18.2 Å². The molecule has 3 heterocycles. The molecule has 8 heteroatoms. The maximum Gasteiger partial charge on any atom is 0.287 e. The van der Waals surface area contributed by atoms with Crippen LogP contribution in [0.3, 0.4) is 0 Å². The van der Waals surface area contributed by atoms with E-state index in [-0.39, 0.29) is 29.4 Å². The number of hydrogen-bond acceptors (Lipinski definition) is 5. The van der Waals surface area contributed by atoms with Crippen LogP contribution in [0.15, 0.2) is 29.1 Å². The van der Waals surface area contributed by atoms with Crippen molar-refractivity contribution in [2.24, 2.45) is 13.0 Å². The van der Waals surface area contributed by atoms with Crippen LogP contribution in [0, 0.1) is 5.92 Å². The molecule has 0 saturated carbocycles.